The van der Waals surface area contributed by atoms with Gasteiger partial charge in [-0.25, -0.2) is 18.1 Å². The number of anilines is 4. The lowest BCUT2D eigenvalue weighted by Crippen LogP contribution is -2.40. The molecule has 10 heteroatoms. The number of hydrogen-bond donors (Lipinski definition) is 3. The van der Waals surface area contributed by atoms with Crippen LogP contribution in [0.25, 0.3) is 0 Å². The van der Waals surface area contributed by atoms with E-state index in [1.165, 1.54) is 23.6 Å². The largest absolute Gasteiger partial charge is 0.492 e. The monoisotopic (exact) mass is 537 g/mol. The van der Waals surface area contributed by atoms with Crippen LogP contribution in [0, 0.1) is 6.85 Å². The van der Waals surface area contributed by atoms with Crippen molar-refractivity contribution in [3.05, 3.63) is 60.3 Å². The van der Waals surface area contributed by atoms with Crippen molar-refractivity contribution in [2.24, 2.45) is 0 Å². The summed E-state index contributed by atoms with van der Waals surface area (Å²) in [6.07, 6.45) is 1.68. The Bertz CT molecular complexity index is 1720. The van der Waals surface area contributed by atoms with Crippen LogP contribution in [-0.4, -0.2) is 55.1 Å². The first-order chi connectivity index (χ1) is 22.9. The van der Waals surface area contributed by atoms with Crippen molar-refractivity contribution in [1.29, 1.82) is 0 Å². The van der Waals surface area contributed by atoms with Gasteiger partial charge in [0.05, 0.1) is 6.27 Å². The average molecular weight is 538 g/mol. The number of nitrogens with zero attached hydrogens (tertiary/aromatic N) is 3. The molecule has 0 spiro atoms. The Balaban J connectivity index is 1.62. The summed E-state index contributed by atoms with van der Waals surface area (Å²) in [5.74, 6) is 0.0327. The van der Waals surface area contributed by atoms with Gasteiger partial charge in [0.15, 0.2) is 0 Å². The predicted octanol–water partition coefficient (Wildman–Crippen LogP) is 4.82. The Morgan fingerprint density at radius 1 is 1.08 bits per heavy atom. The molecule has 2 heterocycles. The molecule has 198 valence electrons. The van der Waals surface area contributed by atoms with Crippen LogP contribution in [0.3, 0.4) is 0 Å². The van der Waals surface area contributed by atoms with Gasteiger partial charge in [-0.1, -0.05) is 6.07 Å². The second kappa shape index (κ2) is 11.5. The third kappa shape index (κ3) is 7.88. The SMILES string of the molecule is [2H]c1nc(Nc2ccc(OCCN3CCCC3)cc2)nc(Nc2cccc(S(=O)(=O)NC(C([2H])([2H])[2H])(C([2H])([2H])[2H])C([2H])([2H])[2H])c2)c1C([2H])([2H])[2H]. The van der Waals surface area contributed by atoms with Crippen LogP contribution < -0.4 is 20.1 Å². The minimum Gasteiger partial charge on any atom is -0.492 e. The molecular formula is C27H36N6O3S. The highest BCUT2D eigenvalue weighted by Gasteiger charge is 2.22. The molecule has 1 aliphatic heterocycles. The van der Waals surface area contributed by atoms with Crippen LogP contribution >= 0.6 is 0 Å². The lowest BCUT2D eigenvalue weighted by atomic mass is 10.1. The van der Waals surface area contributed by atoms with E-state index in [0.29, 0.717) is 18.0 Å². The topological polar surface area (TPSA) is 108 Å². The number of likely N-dealkylation sites (tertiary alicyclic amines) is 1. The fourth-order valence-corrected chi connectivity index (χ4v) is 4.76. The van der Waals surface area contributed by atoms with Crippen LogP contribution in [0.5, 0.6) is 5.75 Å². The molecule has 1 fully saturated rings. The van der Waals surface area contributed by atoms with Gasteiger partial charge >= 0.3 is 0 Å². The van der Waals surface area contributed by atoms with E-state index in [1.807, 2.05) is 0 Å². The molecule has 0 atom stereocenters. The normalized spacial score (nSPS) is 21.0. The highest BCUT2D eigenvalue weighted by atomic mass is 32.2. The number of nitrogens with one attached hydrogen (secondary N) is 3. The smallest absolute Gasteiger partial charge is 0.241 e. The molecule has 9 nitrogen and oxygen atoms in total. The molecule has 2 aromatic carbocycles. The summed E-state index contributed by atoms with van der Waals surface area (Å²) in [6, 6.07) is 11.0. The van der Waals surface area contributed by atoms with E-state index in [2.05, 4.69) is 25.5 Å². The van der Waals surface area contributed by atoms with Crippen molar-refractivity contribution in [3.8, 4) is 5.75 Å². The lowest BCUT2D eigenvalue weighted by Gasteiger charge is -2.20. The molecule has 37 heavy (non-hydrogen) atoms. The first-order valence-electron chi connectivity index (χ1n) is 18.0. The van der Waals surface area contributed by atoms with Gasteiger partial charge in [0.25, 0.3) is 0 Å². The van der Waals surface area contributed by atoms with E-state index < -0.39 is 65.4 Å². The third-order valence-electron chi connectivity index (χ3n) is 5.41. The van der Waals surface area contributed by atoms with Crippen LogP contribution in [0.2, 0.25) is 0 Å². The summed E-state index contributed by atoms with van der Waals surface area (Å²) in [6.45, 7) is -11.0. The molecule has 3 N–H and O–H groups in total. The van der Waals surface area contributed by atoms with Gasteiger partial charge < -0.3 is 15.4 Å². The Morgan fingerprint density at radius 2 is 1.86 bits per heavy atom. The maximum atomic E-state index is 13.4. The molecule has 0 radical (unpaired) electrons. The van der Waals surface area contributed by atoms with Crippen molar-refractivity contribution in [3.63, 3.8) is 0 Å². The average Bonchev–Trinajstić information content (AvgIpc) is 3.48. The zero-order valence-corrected chi connectivity index (χ0v) is 20.7. The minimum absolute atomic E-state index is 0.139. The standard InChI is InChI=1S/C27H36N6O3S/c1-20-19-28-26(30-21-10-12-23(13-11-21)36-17-16-33-14-5-6-15-33)31-25(20)29-22-8-7-9-24(18-22)37(34,35)32-27(2,3)4/h7-13,18-19,32H,5-6,14-17H2,1-4H3,(H2,28,29,30,31)/i1D3,2D3,3D3,4D3,19D. The minimum atomic E-state index is -5.17. The molecule has 1 saturated heterocycles. The summed E-state index contributed by atoms with van der Waals surface area (Å²) in [5, 5.41) is 5.53. The summed E-state index contributed by atoms with van der Waals surface area (Å²) < 4.78 is 136. The Morgan fingerprint density at radius 3 is 2.59 bits per heavy atom. The zero-order valence-electron chi connectivity index (χ0n) is 32.8. The summed E-state index contributed by atoms with van der Waals surface area (Å²) in [5.41, 5.74) is -4.15. The molecule has 0 bridgehead atoms. The van der Waals surface area contributed by atoms with Crippen LogP contribution in [0.4, 0.5) is 23.1 Å². The maximum absolute atomic E-state index is 13.4. The molecule has 0 aliphatic carbocycles. The lowest BCUT2D eigenvalue weighted by molar-refractivity contribution is 0.238. The number of benzene rings is 2. The summed E-state index contributed by atoms with van der Waals surface area (Å²) in [7, 11) is -5.17. The third-order valence-corrected chi connectivity index (χ3v) is 6.86. The van der Waals surface area contributed by atoms with Crippen LogP contribution in [-0.2, 0) is 10.0 Å². The van der Waals surface area contributed by atoms with Crippen molar-refractivity contribution in [2.75, 3.05) is 36.9 Å². The van der Waals surface area contributed by atoms with Crippen molar-refractivity contribution >= 4 is 33.2 Å². The molecule has 1 aromatic heterocycles. The van der Waals surface area contributed by atoms with Gasteiger partial charge in [-0.15, -0.1) is 0 Å². The Hall–Kier alpha value is -3.21. The van der Waals surface area contributed by atoms with Crippen molar-refractivity contribution in [1.82, 2.24) is 19.6 Å². The highest BCUT2D eigenvalue weighted by Crippen LogP contribution is 2.24. The number of aromatic nitrogens is 2. The fourth-order valence-electron chi connectivity index (χ4n) is 3.70. The molecule has 4 rings (SSSR count). The Kier molecular flexibility index (Phi) is 4.54. The van der Waals surface area contributed by atoms with Gasteiger partial charge in [0, 0.05) is 51.6 Å². The van der Waals surface area contributed by atoms with Crippen molar-refractivity contribution in [2.45, 2.75) is 50.7 Å². The maximum Gasteiger partial charge on any atom is 0.241 e. The van der Waals surface area contributed by atoms with E-state index in [4.69, 9.17) is 22.6 Å². The second-order valence-corrected chi connectivity index (χ2v) is 10.1. The molecule has 0 amide bonds. The van der Waals surface area contributed by atoms with E-state index in [9.17, 15) is 8.42 Å². The number of hydrogen-bond acceptors (Lipinski definition) is 8. The fraction of sp³-hybridized carbons (Fsp3) is 0.407. The molecule has 3 aromatic rings. The van der Waals surface area contributed by atoms with Gasteiger partial charge in [-0.3, -0.25) is 4.90 Å². The number of ether oxygens (including phenoxy) is 1. The predicted molar refractivity (Wildman–Crippen MR) is 147 cm³/mol. The van der Waals surface area contributed by atoms with Gasteiger partial charge in [0.2, 0.25) is 16.0 Å². The van der Waals surface area contributed by atoms with Gasteiger partial charge in [-0.2, -0.15) is 4.98 Å². The molecule has 0 saturated carbocycles. The molecular weight excluding hydrogens is 488 g/mol. The van der Waals surface area contributed by atoms with Crippen molar-refractivity contribution < 1.29 is 31.0 Å². The zero-order chi connectivity index (χ0) is 37.3. The van der Waals surface area contributed by atoms with E-state index in [0.717, 1.165) is 37.8 Å². The quantitative estimate of drug-likeness (QED) is 0.338. The Labute approximate surface area is 238 Å². The summed E-state index contributed by atoms with van der Waals surface area (Å²) >= 11 is 0. The van der Waals surface area contributed by atoms with E-state index in [1.54, 1.807) is 24.3 Å². The first-order valence-corrected chi connectivity index (χ1v) is 13.0. The summed E-state index contributed by atoms with van der Waals surface area (Å²) in [4.78, 5) is 9.75. The van der Waals surface area contributed by atoms with Crippen LogP contribution in [0.15, 0.2) is 59.6 Å². The van der Waals surface area contributed by atoms with Gasteiger partial charge in [0.1, 0.15) is 18.2 Å². The van der Waals surface area contributed by atoms with E-state index in [-0.39, 0.29) is 11.6 Å². The van der Waals surface area contributed by atoms with E-state index >= 15 is 0 Å². The first kappa shape index (κ1) is 14.7. The molecule has 1 aliphatic rings. The number of rotatable bonds is 10. The van der Waals surface area contributed by atoms with Crippen LogP contribution in [0.1, 0.15) is 56.8 Å². The second-order valence-electron chi connectivity index (χ2n) is 8.44. The number of sulfonamides is 1. The van der Waals surface area contributed by atoms with Gasteiger partial charge in [-0.05, 0) is 95.8 Å². The molecule has 0 unspecified atom stereocenters. The highest BCUT2D eigenvalue weighted by molar-refractivity contribution is 7.89.